The minimum atomic E-state index is -0.747. The predicted octanol–water partition coefficient (Wildman–Crippen LogP) is 6.32. The van der Waals surface area contributed by atoms with E-state index >= 15 is 4.39 Å². The van der Waals surface area contributed by atoms with Crippen LogP contribution in [-0.4, -0.2) is 74.5 Å². The monoisotopic (exact) mass is 656 g/mol. The van der Waals surface area contributed by atoms with Gasteiger partial charge >= 0.3 is 18.2 Å². The fourth-order valence-electron chi connectivity index (χ4n) is 6.23. The molecule has 2 aliphatic rings. The van der Waals surface area contributed by atoms with E-state index in [0.717, 1.165) is 0 Å². The van der Waals surface area contributed by atoms with Crippen molar-refractivity contribution >= 4 is 56.7 Å². The zero-order valence-electron chi connectivity index (χ0n) is 27.8. The zero-order valence-corrected chi connectivity index (χ0v) is 27.8. The smallest absolute Gasteiger partial charge is 0.414 e. The van der Waals surface area contributed by atoms with Crippen LogP contribution in [0.15, 0.2) is 42.7 Å². The highest BCUT2D eigenvalue weighted by Gasteiger charge is 2.57. The molecule has 1 unspecified atom stereocenters. The highest BCUT2D eigenvalue weighted by atomic mass is 19.1. The molecule has 2 N–H and O–H groups in total. The number of halogens is 1. The van der Waals surface area contributed by atoms with Crippen LogP contribution in [0.4, 0.5) is 25.5 Å². The number of benzene rings is 1. The Morgan fingerprint density at radius 1 is 1.00 bits per heavy atom. The van der Waals surface area contributed by atoms with Gasteiger partial charge in [-0.05, 0) is 65.8 Å². The maximum Gasteiger partial charge on any atom is 0.414 e. The minimum Gasteiger partial charge on any atom is -0.444 e. The van der Waals surface area contributed by atoms with E-state index in [0.29, 0.717) is 57.6 Å². The molecule has 1 aliphatic carbocycles. The second kappa shape index (κ2) is 11.2. The lowest BCUT2D eigenvalue weighted by molar-refractivity contribution is 0.0516. The van der Waals surface area contributed by atoms with Gasteiger partial charge in [0.2, 0.25) is 0 Å². The van der Waals surface area contributed by atoms with E-state index < -0.39 is 29.2 Å². The Bertz CT molecular complexity index is 2080. The van der Waals surface area contributed by atoms with Gasteiger partial charge in [-0.1, -0.05) is 0 Å². The third-order valence-electron chi connectivity index (χ3n) is 8.31. The van der Waals surface area contributed by atoms with Crippen molar-refractivity contribution in [2.24, 2.45) is 11.8 Å². The van der Waals surface area contributed by atoms with Gasteiger partial charge in [0.1, 0.15) is 28.5 Å². The van der Waals surface area contributed by atoms with Crippen molar-refractivity contribution in [2.45, 2.75) is 58.8 Å². The number of carbonyl (C=O) groups excluding carboxylic acids is 2. The summed E-state index contributed by atoms with van der Waals surface area (Å²) < 4.78 is 32.5. The Morgan fingerprint density at radius 3 is 2.44 bits per heavy atom. The summed E-state index contributed by atoms with van der Waals surface area (Å²) in [5.74, 6) is 0.746. The van der Waals surface area contributed by atoms with Gasteiger partial charge in [0.25, 0.3) is 0 Å². The number of aromatic amines is 1. The fourth-order valence-corrected chi connectivity index (χ4v) is 6.23. The fraction of sp³-hybridized carbons (Fsp3) is 0.412. The van der Waals surface area contributed by atoms with Crippen LogP contribution in [-0.2, 0) is 9.47 Å². The van der Waals surface area contributed by atoms with Gasteiger partial charge in [-0.15, -0.1) is 0 Å². The number of nitrogens with zero attached hydrogens (tertiary/aromatic N) is 6. The number of piperidine rings is 1. The minimum absolute atomic E-state index is 0.0187. The molecule has 1 aliphatic heterocycles. The topological polar surface area (TPSA) is 148 Å². The molecule has 1 saturated carbocycles. The molecule has 1 saturated heterocycles. The molecule has 5 heterocycles. The summed E-state index contributed by atoms with van der Waals surface area (Å²) in [4.78, 5) is 50.5. The van der Waals surface area contributed by atoms with Gasteiger partial charge in [-0.2, -0.15) is 9.97 Å². The average molecular weight is 657 g/mol. The van der Waals surface area contributed by atoms with E-state index in [1.165, 1.54) is 24.1 Å². The maximum atomic E-state index is 15.3. The van der Waals surface area contributed by atoms with Gasteiger partial charge in [0.05, 0.1) is 33.8 Å². The third-order valence-corrected chi connectivity index (χ3v) is 8.31. The first-order chi connectivity index (χ1) is 22.6. The van der Waals surface area contributed by atoms with Crippen molar-refractivity contribution in [1.82, 2.24) is 30.2 Å². The quantitative estimate of drug-likeness (QED) is 0.220. The Kier molecular flexibility index (Phi) is 7.29. The molecule has 3 atom stereocenters. The second-order valence-electron chi connectivity index (χ2n) is 14.3. The first kappa shape index (κ1) is 31.3. The molecular weight excluding hydrogens is 619 g/mol. The number of anilines is 2. The summed E-state index contributed by atoms with van der Waals surface area (Å²) in [5.41, 5.74) is 1.18. The van der Waals surface area contributed by atoms with E-state index in [4.69, 9.17) is 19.2 Å². The number of fused-ring (bicyclic) bond motifs is 5. The van der Waals surface area contributed by atoms with Crippen molar-refractivity contribution in [3.05, 3.63) is 48.5 Å². The van der Waals surface area contributed by atoms with E-state index in [1.807, 2.05) is 26.8 Å². The molecule has 5 aromatic rings. The molecule has 0 bridgehead atoms. The molecule has 4 aromatic heterocycles. The lowest BCUT2D eigenvalue weighted by Crippen LogP contribution is -2.38. The number of hydrogen-bond acceptors (Lipinski definition) is 10. The van der Waals surface area contributed by atoms with Crippen LogP contribution in [0.2, 0.25) is 0 Å². The second-order valence-corrected chi connectivity index (χ2v) is 14.3. The molecule has 14 heteroatoms. The van der Waals surface area contributed by atoms with E-state index in [2.05, 4.69) is 30.2 Å². The molecule has 0 radical (unpaired) electrons. The molecule has 2 fully saturated rings. The van der Waals surface area contributed by atoms with Crippen molar-refractivity contribution in [2.75, 3.05) is 29.9 Å². The number of carbonyl (C=O) groups is 2. The molecule has 1 aromatic carbocycles. The number of nitrogens with one attached hydrogen (secondary N) is 2. The van der Waals surface area contributed by atoms with Crippen LogP contribution in [0.3, 0.4) is 0 Å². The third kappa shape index (κ3) is 6.09. The lowest BCUT2D eigenvalue weighted by Gasteiger charge is -2.25. The average Bonchev–Trinajstić information content (AvgIpc) is 3.29. The van der Waals surface area contributed by atoms with Gasteiger partial charge in [-0.25, -0.2) is 14.0 Å². The number of H-pyrrole nitrogens is 1. The normalized spacial score (nSPS) is 19.0. The van der Waals surface area contributed by atoms with E-state index in [9.17, 15) is 9.59 Å². The van der Waals surface area contributed by atoms with Crippen molar-refractivity contribution in [3.63, 3.8) is 0 Å². The van der Waals surface area contributed by atoms with Crippen molar-refractivity contribution in [3.8, 4) is 11.8 Å². The van der Waals surface area contributed by atoms with Gasteiger partial charge in [0.15, 0.2) is 5.75 Å². The standard InChI is InChI=1S/C34H37FN8O5/c1-33(2,3)47-31(44)39-26-20-15-43(16-21(20)26)29-25-19-11-17(35)12-24(42(7)32(45)48-34(4,5)6)27(19)38-28(25)40-30(41-29)46-18-13-23-22(37-14-18)9-8-10-36-23/h8-14,20-21,26H,15-16H2,1-7H3,(H,39,44)(H,38,40,41)/t20-,21+,26?. The number of aromatic nitrogens is 5. The van der Waals surface area contributed by atoms with E-state index in [-0.39, 0.29) is 29.6 Å². The van der Waals surface area contributed by atoms with E-state index in [1.54, 1.807) is 45.3 Å². The number of ether oxygens (including phenoxy) is 3. The number of pyridine rings is 2. The Morgan fingerprint density at radius 2 is 1.73 bits per heavy atom. The highest BCUT2D eigenvalue weighted by Crippen LogP contribution is 2.49. The summed E-state index contributed by atoms with van der Waals surface area (Å²) in [6.07, 6.45) is 2.17. The summed E-state index contributed by atoms with van der Waals surface area (Å²) >= 11 is 0. The zero-order chi connectivity index (χ0) is 34.1. The summed E-state index contributed by atoms with van der Waals surface area (Å²) in [6, 6.07) is 8.12. The van der Waals surface area contributed by atoms with Crippen LogP contribution in [0.25, 0.3) is 33.0 Å². The SMILES string of the molecule is CN(C(=O)OC(C)(C)C)c1cc(F)cc2c1[nH]c1nc(Oc3cnc4cccnc4c3)nc(N3C[C@@H]4C(NC(=O)OC(C)(C)C)[C@@H]4C3)c12. The molecule has 13 nitrogen and oxygen atoms in total. The molecular formula is C34H37FN8O5. The van der Waals surface area contributed by atoms with Crippen LogP contribution in [0.1, 0.15) is 41.5 Å². The summed E-state index contributed by atoms with van der Waals surface area (Å²) in [6.45, 7) is 12.0. The van der Waals surface area contributed by atoms with Crippen LogP contribution < -0.4 is 19.9 Å². The van der Waals surface area contributed by atoms with Gasteiger partial charge < -0.3 is 29.4 Å². The number of alkyl carbamates (subject to hydrolysis) is 1. The molecule has 2 amide bonds. The van der Waals surface area contributed by atoms with Gasteiger partial charge in [-0.3, -0.25) is 14.9 Å². The van der Waals surface area contributed by atoms with Crippen LogP contribution in [0, 0.1) is 17.7 Å². The maximum absolute atomic E-state index is 15.3. The molecule has 48 heavy (non-hydrogen) atoms. The highest BCUT2D eigenvalue weighted by molar-refractivity contribution is 6.16. The lowest BCUT2D eigenvalue weighted by atomic mass is 10.1. The van der Waals surface area contributed by atoms with Crippen LogP contribution >= 0.6 is 0 Å². The number of rotatable bonds is 5. The Hall–Kier alpha value is -5.27. The summed E-state index contributed by atoms with van der Waals surface area (Å²) in [7, 11) is 1.53. The van der Waals surface area contributed by atoms with Crippen molar-refractivity contribution < 1.29 is 28.2 Å². The summed E-state index contributed by atoms with van der Waals surface area (Å²) in [5, 5.41) is 4.07. The number of hydrogen-bond donors (Lipinski definition) is 2. The Balaban J connectivity index is 1.27. The number of amides is 2. The first-order valence-electron chi connectivity index (χ1n) is 15.8. The van der Waals surface area contributed by atoms with Crippen molar-refractivity contribution in [1.29, 1.82) is 0 Å². The first-order valence-corrected chi connectivity index (χ1v) is 15.8. The molecule has 7 rings (SSSR count). The Labute approximate surface area is 275 Å². The molecule has 250 valence electrons. The largest absolute Gasteiger partial charge is 0.444 e. The molecule has 0 spiro atoms. The van der Waals surface area contributed by atoms with Crippen LogP contribution in [0.5, 0.6) is 11.8 Å². The predicted molar refractivity (Wildman–Crippen MR) is 178 cm³/mol. The van der Waals surface area contributed by atoms with Gasteiger partial charge in [0, 0.05) is 55.7 Å².